The van der Waals surface area contributed by atoms with Crippen LogP contribution in [0.4, 0.5) is 0 Å². The van der Waals surface area contributed by atoms with Crippen LogP contribution in [0.2, 0.25) is 0 Å². The van der Waals surface area contributed by atoms with E-state index in [1.54, 1.807) is 4.90 Å². The van der Waals surface area contributed by atoms with Gasteiger partial charge in [-0.3, -0.25) is 15.1 Å². The van der Waals surface area contributed by atoms with E-state index in [1.807, 2.05) is 69.3 Å². The quantitative estimate of drug-likeness (QED) is 0.320. The van der Waals surface area contributed by atoms with Crippen LogP contribution in [0.25, 0.3) is 22.5 Å². The fraction of sp³-hybridized carbons (Fsp3) is 0.400. The van der Waals surface area contributed by atoms with Crippen molar-refractivity contribution >= 4 is 11.9 Å². The van der Waals surface area contributed by atoms with Gasteiger partial charge in [-0.15, -0.1) is 0 Å². The molecule has 0 N–H and O–H groups in total. The Labute approximate surface area is 222 Å². The zero-order valence-corrected chi connectivity index (χ0v) is 22.6. The van der Waals surface area contributed by atoms with Gasteiger partial charge in [0.25, 0.3) is 0 Å². The molecule has 0 unspecified atom stereocenters. The number of carbonyl (C=O) groups is 2. The summed E-state index contributed by atoms with van der Waals surface area (Å²) in [6, 6.07) is 15.1. The number of benzene rings is 2. The first-order valence-electron chi connectivity index (χ1n) is 11.2. The maximum atomic E-state index is 13.0. The molecule has 8 nitrogen and oxygen atoms in total. The van der Waals surface area contributed by atoms with Gasteiger partial charge in [0.2, 0.25) is 5.91 Å². The normalized spacial score (nSPS) is 11.6. The third-order valence-corrected chi connectivity index (χ3v) is 5.58. The number of tetrazole rings is 1. The number of methoxy groups -OCH3 is 1. The zero-order valence-electron chi connectivity index (χ0n) is 20.6. The standard InChI is InChI=1S/C25H30N5O3.Na/c1-5-6-11-22(31)30(23(17(2)3)25(32)33-4)16-18-12-14-19(15-13-18)20-9-7-8-10-21(20)24-26-28-29-27-24;/h7-10,12-15,17,23H,5-6,11,16H2,1-4H3;/q-1;+1/t23-;/m0./s1. The van der Waals surface area contributed by atoms with E-state index in [0.717, 1.165) is 35.1 Å². The number of carbonyl (C=O) groups excluding carboxylic acids is 2. The van der Waals surface area contributed by atoms with Crippen LogP contribution in [0.5, 0.6) is 0 Å². The summed E-state index contributed by atoms with van der Waals surface area (Å²) in [6.45, 7) is 6.23. The van der Waals surface area contributed by atoms with Gasteiger partial charge in [-0.2, -0.15) is 5.21 Å². The maximum absolute atomic E-state index is 13.0. The van der Waals surface area contributed by atoms with Crippen LogP contribution < -0.4 is 34.7 Å². The van der Waals surface area contributed by atoms with E-state index in [1.165, 1.54) is 7.11 Å². The second-order valence-electron chi connectivity index (χ2n) is 8.28. The largest absolute Gasteiger partial charge is 1.00 e. The van der Waals surface area contributed by atoms with Gasteiger partial charge in [-0.25, -0.2) is 4.79 Å². The molecule has 1 atom stereocenters. The van der Waals surface area contributed by atoms with Crippen LogP contribution in [0, 0.1) is 5.92 Å². The number of ether oxygens (including phenoxy) is 1. The molecule has 1 heterocycles. The van der Waals surface area contributed by atoms with Crippen molar-refractivity contribution in [3.8, 4) is 22.5 Å². The molecule has 0 saturated heterocycles. The SMILES string of the molecule is CCCCC(=O)N(Cc1ccc(-c2ccccc2-c2nnn[n-]2)cc1)[C@H](C(=O)OC)C(C)C.[Na+]. The predicted octanol–water partition coefficient (Wildman–Crippen LogP) is 0.883. The first kappa shape index (κ1) is 27.7. The Morgan fingerprint density at radius 2 is 1.74 bits per heavy atom. The summed E-state index contributed by atoms with van der Waals surface area (Å²) in [6.07, 6.45) is 2.10. The Hall–Kier alpha value is -2.55. The van der Waals surface area contributed by atoms with Crippen molar-refractivity contribution in [3.05, 3.63) is 54.1 Å². The van der Waals surface area contributed by atoms with Crippen molar-refractivity contribution in [1.29, 1.82) is 0 Å². The Kier molecular flexibility index (Phi) is 10.9. The molecule has 0 fully saturated rings. The second-order valence-corrected chi connectivity index (χ2v) is 8.28. The number of aromatic nitrogens is 4. The summed E-state index contributed by atoms with van der Waals surface area (Å²) < 4.78 is 5.02. The first-order chi connectivity index (χ1) is 16.0. The Morgan fingerprint density at radius 3 is 2.29 bits per heavy atom. The van der Waals surface area contributed by atoms with Gasteiger partial charge >= 0.3 is 35.5 Å². The van der Waals surface area contributed by atoms with Crippen LogP contribution in [0.1, 0.15) is 45.6 Å². The molecule has 0 spiro atoms. The number of hydrogen-bond donors (Lipinski definition) is 0. The van der Waals surface area contributed by atoms with Crippen LogP contribution in [-0.2, 0) is 20.9 Å². The summed E-state index contributed by atoms with van der Waals surface area (Å²) in [5, 5.41) is 15.1. The Morgan fingerprint density at radius 1 is 1.06 bits per heavy atom. The fourth-order valence-electron chi connectivity index (χ4n) is 3.86. The molecule has 1 aromatic heterocycles. The number of amides is 1. The van der Waals surface area contributed by atoms with Gasteiger partial charge in [-0.1, -0.05) is 75.7 Å². The summed E-state index contributed by atoms with van der Waals surface area (Å²) in [5.41, 5.74) is 3.72. The average molecular weight is 472 g/mol. The minimum absolute atomic E-state index is 0. The molecule has 0 bridgehead atoms. The van der Waals surface area contributed by atoms with Gasteiger partial charge in [0, 0.05) is 18.8 Å². The molecule has 0 saturated carbocycles. The number of nitrogens with zero attached hydrogens (tertiary/aromatic N) is 5. The van der Waals surface area contributed by atoms with Crippen LogP contribution >= 0.6 is 0 Å². The average Bonchev–Trinajstić information content (AvgIpc) is 3.37. The van der Waals surface area contributed by atoms with Crippen LogP contribution in [0.15, 0.2) is 48.5 Å². The van der Waals surface area contributed by atoms with Gasteiger partial charge in [0.1, 0.15) is 6.04 Å². The molecule has 174 valence electrons. The van der Waals surface area contributed by atoms with Crippen molar-refractivity contribution in [2.45, 2.75) is 52.6 Å². The predicted molar refractivity (Wildman–Crippen MR) is 125 cm³/mol. The second kappa shape index (κ2) is 13.4. The van der Waals surface area contributed by atoms with Crippen molar-refractivity contribution < 1.29 is 43.9 Å². The molecule has 2 aromatic carbocycles. The van der Waals surface area contributed by atoms with E-state index >= 15 is 0 Å². The summed E-state index contributed by atoms with van der Waals surface area (Å²) in [7, 11) is 1.36. The molecule has 0 aliphatic heterocycles. The summed E-state index contributed by atoms with van der Waals surface area (Å²) >= 11 is 0. The number of unbranched alkanes of at least 4 members (excludes halogenated alkanes) is 1. The third kappa shape index (κ3) is 6.74. The van der Waals surface area contributed by atoms with Crippen LogP contribution in [0.3, 0.4) is 0 Å². The molecular weight excluding hydrogens is 441 g/mol. The minimum Gasteiger partial charge on any atom is -0.467 e. The topological polar surface area (TPSA) is 99.4 Å². The monoisotopic (exact) mass is 471 g/mol. The number of esters is 1. The fourth-order valence-corrected chi connectivity index (χ4v) is 3.86. The number of hydrogen-bond acceptors (Lipinski definition) is 6. The van der Waals surface area contributed by atoms with Crippen molar-refractivity contribution in [1.82, 2.24) is 25.5 Å². The first-order valence-corrected chi connectivity index (χ1v) is 11.2. The minimum atomic E-state index is -0.630. The molecular formula is C25H30N5NaO3. The van der Waals surface area contributed by atoms with Crippen molar-refractivity contribution in [3.63, 3.8) is 0 Å². The summed E-state index contributed by atoms with van der Waals surface area (Å²) in [4.78, 5) is 27.2. The molecule has 9 heteroatoms. The molecule has 0 aliphatic carbocycles. The van der Waals surface area contributed by atoms with Gasteiger partial charge in [0.05, 0.1) is 7.11 Å². The molecule has 3 rings (SSSR count). The van der Waals surface area contributed by atoms with E-state index in [2.05, 4.69) is 20.6 Å². The molecule has 34 heavy (non-hydrogen) atoms. The summed E-state index contributed by atoms with van der Waals surface area (Å²) in [5.74, 6) is -0.0257. The van der Waals surface area contributed by atoms with Crippen molar-refractivity contribution in [2.75, 3.05) is 7.11 Å². The van der Waals surface area contributed by atoms with E-state index in [9.17, 15) is 9.59 Å². The molecule has 0 aliphatic rings. The van der Waals surface area contributed by atoms with E-state index in [0.29, 0.717) is 18.8 Å². The molecule has 0 radical (unpaired) electrons. The van der Waals surface area contributed by atoms with Crippen LogP contribution in [-0.4, -0.2) is 45.5 Å². The Bertz CT molecular complexity index is 1050. The molecule has 1 amide bonds. The zero-order chi connectivity index (χ0) is 23.8. The molecule has 3 aromatic rings. The smallest absolute Gasteiger partial charge is 0.467 e. The Balaban J connectivity index is 0.00000408. The van der Waals surface area contributed by atoms with E-state index < -0.39 is 12.0 Å². The third-order valence-electron chi connectivity index (χ3n) is 5.58. The van der Waals surface area contributed by atoms with Gasteiger partial charge in [0.15, 0.2) is 0 Å². The van der Waals surface area contributed by atoms with E-state index in [4.69, 9.17) is 4.74 Å². The number of rotatable bonds is 10. The van der Waals surface area contributed by atoms with Gasteiger partial charge < -0.3 is 14.7 Å². The van der Waals surface area contributed by atoms with E-state index in [-0.39, 0.29) is 41.4 Å². The van der Waals surface area contributed by atoms with Gasteiger partial charge in [-0.05, 0) is 34.6 Å². The maximum Gasteiger partial charge on any atom is 1.00 e. The van der Waals surface area contributed by atoms with Crippen molar-refractivity contribution in [2.24, 2.45) is 5.92 Å².